The van der Waals surface area contributed by atoms with E-state index in [0.717, 1.165) is 31.7 Å². The first-order valence-electron chi connectivity index (χ1n) is 11.0. The van der Waals surface area contributed by atoms with Crippen LogP contribution in [0.5, 0.6) is 0 Å². The molecule has 3 aromatic carbocycles. The Bertz CT molecular complexity index is 1070. The lowest BCUT2D eigenvalue weighted by Gasteiger charge is -2.29. The molecule has 3 aromatic rings. The van der Waals surface area contributed by atoms with Gasteiger partial charge < -0.3 is 0 Å². The van der Waals surface area contributed by atoms with Crippen LogP contribution in [0.15, 0.2) is 36.4 Å². The molecule has 4 rings (SSSR count). The summed E-state index contributed by atoms with van der Waals surface area (Å²) in [6, 6.07) is 7.41. The SMILES string of the molecule is CCCC[C@H]1CC[C@H](c2cc(F)c(-c3ccc4c(F)c(F)c(F)cc4c3)c(F)c2)CC1. The van der Waals surface area contributed by atoms with Gasteiger partial charge in [-0.3, -0.25) is 0 Å². The van der Waals surface area contributed by atoms with Crippen molar-refractivity contribution in [3.05, 3.63) is 71.0 Å². The van der Waals surface area contributed by atoms with Crippen LogP contribution in [0.3, 0.4) is 0 Å². The third-order valence-corrected chi connectivity index (χ3v) is 6.61. The Morgan fingerprint density at radius 2 is 1.45 bits per heavy atom. The van der Waals surface area contributed by atoms with Gasteiger partial charge >= 0.3 is 0 Å². The van der Waals surface area contributed by atoms with Crippen molar-refractivity contribution in [1.82, 2.24) is 0 Å². The van der Waals surface area contributed by atoms with E-state index >= 15 is 0 Å². The Morgan fingerprint density at radius 3 is 2.10 bits per heavy atom. The Labute approximate surface area is 179 Å². The highest BCUT2D eigenvalue weighted by molar-refractivity contribution is 5.88. The minimum Gasteiger partial charge on any atom is -0.206 e. The highest BCUT2D eigenvalue weighted by atomic mass is 19.2. The first-order valence-corrected chi connectivity index (χ1v) is 11.0. The van der Waals surface area contributed by atoms with Crippen LogP contribution in [0.1, 0.15) is 63.4 Å². The Kier molecular flexibility index (Phi) is 6.31. The quantitative estimate of drug-likeness (QED) is 0.279. The van der Waals surface area contributed by atoms with Gasteiger partial charge in [-0.1, -0.05) is 38.3 Å². The highest BCUT2D eigenvalue weighted by Crippen LogP contribution is 2.40. The lowest BCUT2D eigenvalue weighted by molar-refractivity contribution is 0.303. The lowest BCUT2D eigenvalue weighted by Crippen LogP contribution is -2.14. The van der Waals surface area contributed by atoms with Gasteiger partial charge in [0.15, 0.2) is 17.5 Å². The fourth-order valence-electron chi connectivity index (χ4n) is 4.84. The van der Waals surface area contributed by atoms with Gasteiger partial charge in [0.05, 0.1) is 5.56 Å². The van der Waals surface area contributed by atoms with E-state index in [0.29, 0.717) is 11.5 Å². The molecule has 0 nitrogen and oxygen atoms in total. The first kappa shape index (κ1) is 21.8. The largest absolute Gasteiger partial charge is 0.206 e. The molecule has 31 heavy (non-hydrogen) atoms. The number of halogens is 5. The fraction of sp³-hybridized carbons (Fsp3) is 0.385. The molecule has 0 saturated heterocycles. The summed E-state index contributed by atoms with van der Waals surface area (Å²) in [5, 5.41) is -0.0953. The lowest BCUT2D eigenvalue weighted by atomic mass is 9.77. The van der Waals surface area contributed by atoms with Gasteiger partial charge in [-0.2, -0.15) is 0 Å². The zero-order valence-electron chi connectivity index (χ0n) is 17.5. The van der Waals surface area contributed by atoms with Crippen molar-refractivity contribution in [3.63, 3.8) is 0 Å². The molecule has 1 saturated carbocycles. The summed E-state index contributed by atoms with van der Waals surface area (Å²) in [4.78, 5) is 0. The monoisotopic (exact) mass is 432 g/mol. The molecular formula is C26H25F5. The van der Waals surface area contributed by atoms with Crippen molar-refractivity contribution in [2.75, 3.05) is 0 Å². The maximum absolute atomic E-state index is 15.0. The number of hydrogen-bond donors (Lipinski definition) is 0. The van der Waals surface area contributed by atoms with Crippen LogP contribution in [-0.2, 0) is 0 Å². The van der Waals surface area contributed by atoms with Gasteiger partial charge in [0.1, 0.15) is 11.6 Å². The first-order chi connectivity index (χ1) is 14.9. The maximum atomic E-state index is 15.0. The second-order valence-corrected chi connectivity index (χ2v) is 8.64. The number of benzene rings is 3. The zero-order valence-corrected chi connectivity index (χ0v) is 17.5. The summed E-state index contributed by atoms with van der Waals surface area (Å²) in [5.41, 5.74) is 0.572. The Balaban J connectivity index is 1.62. The van der Waals surface area contributed by atoms with Crippen LogP contribution in [-0.4, -0.2) is 0 Å². The minimum absolute atomic E-state index is 0.0437. The van der Waals surface area contributed by atoms with E-state index in [2.05, 4.69) is 6.92 Å². The van der Waals surface area contributed by atoms with E-state index in [-0.39, 0.29) is 27.8 Å². The minimum atomic E-state index is -1.56. The molecule has 0 bridgehead atoms. The molecule has 0 aromatic heterocycles. The molecule has 0 amide bonds. The number of unbranched alkanes of at least 4 members (excludes halogenated alkanes) is 1. The van der Waals surface area contributed by atoms with Crippen LogP contribution >= 0.6 is 0 Å². The molecule has 0 atom stereocenters. The molecule has 0 spiro atoms. The van der Waals surface area contributed by atoms with E-state index in [9.17, 15) is 22.0 Å². The Hall–Kier alpha value is -2.43. The van der Waals surface area contributed by atoms with E-state index in [1.54, 1.807) is 0 Å². The predicted octanol–water partition coefficient (Wildman–Crippen LogP) is 8.67. The summed E-state index contributed by atoms with van der Waals surface area (Å²) < 4.78 is 70.9. The molecule has 0 radical (unpaired) electrons. The Morgan fingerprint density at radius 1 is 0.774 bits per heavy atom. The average Bonchev–Trinajstić information content (AvgIpc) is 2.76. The van der Waals surface area contributed by atoms with Crippen molar-refractivity contribution in [2.24, 2.45) is 5.92 Å². The van der Waals surface area contributed by atoms with E-state index in [1.807, 2.05) is 0 Å². The van der Waals surface area contributed by atoms with Crippen LogP contribution in [0.25, 0.3) is 21.9 Å². The van der Waals surface area contributed by atoms with Gasteiger partial charge in [-0.25, -0.2) is 22.0 Å². The average molecular weight is 432 g/mol. The van der Waals surface area contributed by atoms with Crippen LogP contribution < -0.4 is 0 Å². The predicted molar refractivity (Wildman–Crippen MR) is 113 cm³/mol. The van der Waals surface area contributed by atoms with E-state index in [1.165, 1.54) is 49.6 Å². The zero-order chi connectivity index (χ0) is 22.1. The number of rotatable bonds is 5. The number of fused-ring (bicyclic) bond motifs is 1. The van der Waals surface area contributed by atoms with Gasteiger partial charge in [0.2, 0.25) is 0 Å². The molecule has 0 heterocycles. The van der Waals surface area contributed by atoms with E-state index in [4.69, 9.17) is 0 Å². The van der Waals surface area contributed by atoms with Crippen molar-refractivity contribution in [2.45, 2.75) is 57.8 Å². The van der Waals surface area contributed by atoms with Crippen LogP contribution in [0.4, 0.5) is 22.0 Å². The van der Waals surface area contributed by atoms with Gasteiger partial charge in [0, 0.05) is 5.39 Å². The molecule has 0 aliphatic heterocycles. The fourth-order valence-corrected chi connectivity index (χ4v) is 4.84. The van der Waals surface area contributed by atoms with Crippen molar-refractivity contribution in [3.8, 4) is 11.1 Å². The molecule has 1 aliphatic rings. The topological polar surface area (TPSA) is 0 Å². The van der Waals surface area contributed by atoms with Gasteiger partial charge in [-0.15, -0.1) is 0 Å². The smallest absolute Gasteiger partial charge is 0.195 e. The molecule has 0 unspecified atom stereocenters. The van der Waals surface area contributed by atoms with Crippen molar-refractivity contribution >= 4 is 10.8 Å². The highest BCUT2D eigenvalue weighted by Gasteiger charge is 2.24. The second-order valence-electron chi connectivity index (χ2n) is 8.64. The van der Waals surface area contributed by atoms with Gasteiger partial charge in [0.25, 0.3) is 0 Å². The standard InChI is InChI=1S/C26H25F5/c1-2-3-4-15-5-7-16(8-6-15)18-12-21(27)24(22(28)13-18)17-9-10-20-19(11-17)14-23(29)26(31)25(20)30/h9-16H,2-8H2,1H3/t15-,16-. The van der Waals surface area contributed by atoms with E-state index < -0.39 is 29.1 Å². The third-order valence-electron chi connectivity index (χ3n) is 6.61. The normalized spacial score (nSPS) is 19.2. The van der Waals surface area contributed by atoms with Crippen LogP contribution in [0, 0.1) is 35.0 Å². The summed E-state index contributed by atoms with van der Waals surface area (Å²) >= 11 is 0. The number of hydrogen-bond acceptors (Lipinski definition) is 0. The van der Waals surface area contributed by atoms with Crippen molar-refractivity contribution < 1.29 is 22.0 Å². The summed E-state index contributed by atoms with van der Waals surface area (Å²) in [6.45, 7) is 2.18. The summed E-state index contributed by atoms with van der Waals surface area (Å²) in [6.07, 6.45) is 7.62. The molecule has 164 valence electrons. The van der Waals surface area contributed by atoms with Gasteiger partial charge in [-0.05, 0) is 78.3 Å². The second kappa shape index (κ2) is 8.97. The molecule has 1 aliphatic carbocycles. The van der Waals surface area contributed by atoms with Crippen LogP contribution in [0.2, 0.25) is 0 Å². The third kappa shape index (κ3) is 4.32. The maximum Gasteiger partial charge on any atom is 0.195 e. The molecule has 0 N–H and O–H groups in total. The molecular weight excluding hydrogens is 407 g/mol. The molecule has 5 heteroatoms. The summed E-state index contributed by atoms with van der Waals surface area (Å²) in [7, 11) is 0. The molecule has 1 fully saturated rings. The summed E-state index contributed by atoms with van der Waals surface area (Å²) in [5.74, 6) is -4.78. The van der Waals surface area contributed by atoms with Crippen molar-refractivity contribution in [1.29, 1.82) is 0 Å².